The van der Waals surface area contributed by atoms with E-state index in [1.54, 1.807) is 68.3 Å². The Morgan fingerprint density at radius 1 is 0.333 bits per heavy atom. The third-order valence-corrected chi connectivity index (χ3v) is 44.6. The number of hydrogen-bond acceptors (Lipinski definition) is 24. The van der Waals surface area contributed by atoms with E-state index in [0.717, 1.165) is 33.4 Å². The van der Waals surface area contributed by atoms with Crippen molar-refractivity contribution in [2.24, 2.45) is 32.5 Å². The molecule has 0 unspecified atom stereocenters. The summed E-state index contributed by atoms with van der Waals surface area (Å²) in [5, 5.41) is 0. The zero-order valence-corrected chi connectivity index (χ0v) is 58.9. The molecule has 7 rings (SSSR count). The summed E-state index contributed by atoms with van der Waals surface area (Å²) < 4.78 is 78.6. The molecule has 0 aromatic heterocycles. The summed E-state index contributed by atoms with van der Waals surface area (Å²) in [6.07, 6.45) is -6.11. The standard InChI is InChI=1S/C42H76O12P6S12/c1-37(2)19-43-55(61,44-20-37)67-13-31-32(14-68-56(62)45-21-38(3,4)22-46-56)34(16-70-58(64)49-25-40(7,8)26-50-58)36(18-72-60(66)53-29-42(11,12)30-54-60)35(17-71-59(65)51-27-41(9,10)28-52-59)33(31)15-69-57(63)47-23-39(5,6)24-48-57/h55-56,61-62H,13-30H2,1-12H3. The van der Waals surface area contributed by atoms with Crippen LogP contribution in [0.2, 0.25) is 0 Å². The second-order valence-electron chi connectivity index (χ2n) is 23.7. The fourth-order valence-corrected chi connectivity index (χ4v) is 34.1. The van der Waals surface area contributed by atoms with Crippen LogP contribution in [0.15, 0.2) is 0 Å². The molecule has 0 N–H and O–H groups in total. The Morgan fingerprint density at radius 2 is 0.500 bits per heavy atom. The van der Waals surface area contributed by atoms with Crippen LogP contribution >= 0.6 is 128 Å². The van der Waals surface area contributed by atoms with Crippen molar-refractivity contribution in [1.82, 2.24) is 0 Å². The first-order chi connectivity index (χ1) is 33.1. The minimum absolute atomic E-state index is 0.136. The zero-order valence-electron chi connectivity index (χ0n) is 43.4. The van der Waals surface area contributed by atoms with E-state index in [2.05, 4.69) is 83.1 Å². The van der Waals surface area contributed by atoms with E-state index in [1.165, 1.54) is 0 Å². The predicted molar refractivity (Wildman–Crippen MR) is 340 cm³/mol. The molecule has 30 heteroatoms. The molecule has 6 aliphatic rings. The van der Waals surface area contributed by atoms with Gasteiger partial charge in [-0.15, -0.1) is 0 Å². The van der Waals surface area contributed by atoms with Gasteiger partial charge in [0, 0.05) is 0 Å². The van der Waals surface area contributed by atoms with Crippen molar-refractivity contribution in [1.29, 1.82) is 0 Å². The first-order valence-electron chi connectivity index (χ1n) is 23.7. The van der Waals surface area contributed by atoms with Crippen molar-refractivity contribution >= 4 is 175 Å². The summed E-state index contributed by atoms with van der Waals surface area (Å²) in [6, 6.07) is 0. The topological polar surface area (TPSA) is 111 Å². The molecule has 1 aromatic rings. The monoisotopic (exact) mass is 1340 g/mol. The summed E-state index contributed by atoms with van der Waals surface area (Å²) in [7, 11) is 0. The van der Waals surface area contributed by atoms with E-state index in [0.29, 0.717) is 114 Å². The van der Waals surface area contributed by atoms with Gasteiger partial charge in [-0.1, -0.05) is 0 Å². The molecule has 0 amide bonds. The van der Waals surface area contributed by atoms with Gasteiger partial charge in [-0.2, -0.15) is 0 Å². The Kier molecular flexibility index (Phi) is 22.3. The predicted octanol–water partition coefficient (Wildman–Crippen LogP) is 17.1. The average Bonchev–Trinajstić information content (AvgIpc) is 3.30. The van der Waals surface area contributed by atoms with Gasteiger partial charge in [0.25, 0.3) is 0 Å². The second kappa shape index (κ2) is 24.9. The van der Waals surface area contributed by atoms with Gasteiger partial charge in [-0.3, -0.25) is 0 Å². The van der Waals surface area contributed by atoms with Crippen LogP contribution in [-0.2, 0) is 136 Å². The Bertz CT molecular complexity index is 2110. The molecule has 6 saturated heterocycles. The molecule has 0 radical (unpaired) electrons. The van der Waals surface area contributed by atoms with Crippen molar-refractivity contribution in [2.75, 3.05) is 79.3 Å². The second-order valence-corrected chi connectivity index (χ2v) is 63.7. The Balaban J connectivity index is 1.42. The molecule has 6 fully saturated rings. The van der Waals surface area contributed by atoms with E-state index in [4.69, 9.17) is 126 Å². The van der Waals surface area contributed by atoms with Crippen molar-refractivity contribution in [3.8, 4) is 0 Å². The summed E-state index contributed by atoms with van der Waals surface area (Å²) in [5.41, 5.74) is -5.48. The van der Waals surface area contributed by atoms with E-state index >= 15 is 0 Å². The molecule has 418 valence electrons. The van der Waals surface area contributed by atoms with Gasteiger partial charge in [0.1, 0.15) is 0 Å². The van der Waals surface area contributed by atoms with Crippen molar-refractivity contribution in [2.45, 2.75) is 118 Å². The number of thiol groups is 2. The molecule has 0 atom stereocenters. The van der Waals surface area contributed by atoms with Crippen LogP contribution in [0.1, 0.15) is 116 Å². The first kappa shape index (κ1) is 64.6. The molecular weight excluding hydrogens is 1270 g/mol. The molecule has 0 spiro atoms. The Hall–Kier alpha value is 5.00. The third kappa shape index (κ3) is 18.5. The molecule has 6 heterocycles. The summed E-state index contributed by atoms with van der Waals surface area (Å²) in [4.78, 5) is 0. The number of hydrogen-bond donors (Lipinski definition) is 2. The zero-order chi connectivity index (χ0) is 52.9. The van der Waals surface area contributed by atoms with Crippen LogP contribution in [0.5, 0.6) is 0 Å². The molecular formula is C42H76O12P6S12. The van der Waals surface area contributed by atoms with Gasteiger partial charge in [-0.05, 0) is 0 Å². The summed E-state index contributed by atoms with van der Waals surface area (Å²) >= 11 is 45.3. The molecule has 1 aromatic carbocycles. The summed E-state index contributed by atoms with van der Waals surface area (Å²) in [6.45, 7) is 31.9. The van der Waals surface area contributed by atoms with Crippen LogP contribution in [0.4, 0.5) is 0 Å². The van der Waals surface area contributed by atoms with Crippen LogP contribution in [0, 0.1) is 32.5 Å². The van der Waals surface area contributed by atoms with Gasteiger partial charge in [-0.25, -0.2) is 0 Å². The van der Waals surface area contributed by atoms with Gasteiger partial charge in [0.2, 0.25) is 0 Å². The fourth-order valence-electron chi connectivity index (χ4n) is 7.16. The molecule has 0 aliphatic carbocycles. The van der Waals surface area contributed by atoms with Crippen LogP contribution in [-0.4, -0.2) is 79.3 Å². The number of rotatable bonds is 18. The SMILES string of the molecule is CC1(C)COP(=S)(SCc2c(CSP3(=S)OCC(C)(C)CO3)c(CSP3(=S)OCC(C)(C)CO3)c(CS[PH]3(S)OCC(C)(C)CO3)c(CS[PH]3(S)OCC(C)(C)CO3)c2CSP2(=S)OCC(C)(C)CO2)OC1. The maximum absolute atomic E-state index is 6.60. The fraction of sp³-hybridized carbons (Fsp3) is 0.857. The average molecular weight is 1340 g/mol. The van der Waals surface area contributed by atoms with Gasteiger partial charge in [0.15, 0.2) is 0 Å². The van der Waals surface area contributed by atoms with E-state index in [9.17, 15) is 0 Å². The van der Waals surface area contributed by atoms with Gasteiger partial charge < -0.3 is 0 Å². The van der Waals surface area contributed by atoms with Crippen LogP contribution in [0.3, 0.4) is 0 Å². The molecule has 72 heavy (non-hydrogen) atoms. The maximum atomic E-state index is 6.60. The third-order valence-electron chi connectivity index (χ3n) is 11.9. The van der Waals surface area contributed by atoms with Crippen LogP contribution in [0.25, 0.3) is 0 Å². The number of benzene rings is 1. The van der Waals surface area contributed by atoms with Gasteiger partial charge in [0.05, 0.1) is 0 Å². The molecule has 0 saturated carbocycles. The van der Waals surface area contributed by atoms with E-state index in [1.807, 2.05) is 0 Å². The van der Waals surface area contributed by atoms with E-state index in [-0.39, 0.29) is 32.5 Å². The Labute approximate surface area is 487 Å². The van der Waals surface area contributed by atoms with Crippen molar-refractivity contribution in [3.63, 3.8) is 0 Å². The minimum atomic E-state index is -3.06. The first-order valence-corrected chi connectivity index (χ1v) is 50.2. The van der Waals surface area contributed by atoms with Crippen molar-refractivity contribution in [3.05, 3.63) is 33.4 Å². The molecule has 12 nitrogen and oxygen atoms in total. The molecule has 6 aliphatic heterocycles. The van der Waals surface area contributed by atoms with E-state index < -0.39 is 35.0 Å². The Morgan fingerprint density at radius 3 is 0.694 bits per heavy atom. The normalized spacial score (nSPS) is 29.1. The van der Waals surface area contributed by atoms with Crippen LogP contribution < -0.4 is 0 Å². The molecule has 0 bridgehead atoms. The summed E-state index contributed by atoms with van der Waals surface area (Å²) in [5.74, 6) is 2.96. The quantitative estimate of drug-likeness (QED) is 0.107. The van der Waals surface area contributed by atoms with Gasteiger partial charge >= 0.3 is 492 Å². The van der Waals surface area contributed by atoms with Crippen molar-refractivity contribution < 1.29 is 54.3 Å².